The highest BCUT2D eigenvalue weighted by Crippen LogP contribution is 2.19. The molecule has 0 aliphatic rings. The third-order valence-corrected chi connectivity index (χ3v) is 3.49. The Balaban J connectivity index is 0.00000441. The first-order valence-electron chi connectivity index (χ1n) is 7.76. The van der Waals surface area contributed by atoms with E-state index >= 15 is 0 Å². The summed E-state index contributed by atoms with van der Waals surface area (Å²) in [4.78, 5) is 11.9. The summed E-state index contributed by atoms with van der Waals surface area (Å²) >= 11 is 0. The molecule has 0 heterocycles. The van der Waals surface area contributed by atoms with E-state index in [0.29, 0.717) is 19.6 Å². The first kappa shape index (κ1) is 20.7. The average Bonchev–Trinajstić information content (AvgIpc) is 2.47. The molecule has 5 heteroatoms. The van der Waals surface area contributed by atoms with Crippen molar-refractivity contribution >= 4 is 18.3 Å². The summed E-state index contributed by atoms with van der Waals surface area (Å²) in [5.74, 6) is 0.857. The van der Waals surface area contributed by atoms with Gasteiger partial charge in [0.25, 0.3) is 0 Å². The van der Waals surface area contributed by atoms with E-state index in [1.54, 1.807) is 0 Å². The molecular weight excluding hydrogens is 300 g/mol. The zero-order chi connectivity index (χ0) is 15.7. The van der Waals surface area contributed by atoms with Crippen LogP contribution in [-0.4, -0.2) is 25.1 Å². The maximum absolute atomic E-state index is 11.9. The second-order valence-electron chi connectivity index (χ2n) is 5.51. The van der Waals surface area contributed by atoms with Gasteiger partial charge in [0.15, 0.2) is 0 Å². The monoisotopic (exact) mass is 328 g/mol. The molecule has 1 unspecified atom stereocenters. The number of rotatable bonds is 9. The van der Waals surface area contributed by atoms with E-state index in [4.69, 9.17) is 10.5 Å². The summed E-state index contributed by atoms with van der Waals surface area (Å²) in [5, 5.41) is 2.97. The van der Waals surface area contributed by atoms with Crippen LogP contribution in [0.4, 0.5) is 0 Å². The SMILES string of the molecule is CCCCC(CN)NC(=O)CCOc1cc(C)ccc1C.Cl. The van der Waals surface area contributed by atoms with Crippen LogP contribution in [0.1, 0.15) is 43.7 Å². The minimum absolute atomic E-state index is 0. The Kier molecular flexibility index (Phi) is 10.7. The lowest BCUT2D eigenvalue weighted by Gasteiger charge is -2.16. The number of carbonyl (C=O) groups is 1. The van der Waals surface area contributed by atoms with Crippen molar-refractivity contribution in [3.8, 4) is 5.75 Å². The Bertz CT molecular complexity index is 452. The van der Waals surface area contributed by atoms with Gasteiger partial charge >= 0.3 is 0 Å². The van der Waals surface area contributed by atoms with Gasteiger partial charge in [-0.05, 0) is 37.5 Å². The smallest absolute Gasteiger partial charge is 0.223 e. The topological polar surface area (TPSA) is 64.3 Å². The Morgan fingerprint density at radius 1 is 1.36 bits per heavy atom. The molecule has 4 nitrogen and oxygen atoms in total. The standard InChI is InChI=1S/C17H28N2O2.ClH/c1-4-5-6-15(12-18)19-17(20)9-10-21-16-11-13(2)7-8-14(16)3;/h7-8,11,15H,4-6,9-10,12,18H2,1-3H3,(H,19,20);1H. The maximum Gasteiger partial charge on any atom is 0.223 e. The molecule has 1 aromatic rings. The van der Waals surface area contributed by atoms with Crippen LogP contribution in [0.2, 0.25) is 0 Å². The highest BCUT2D eigenvalue weighted by Gasteiger charge is 2.10. The van der Waals surface area contributed by atoms with Crippen molar-refractivity contribution in [2.75, 3.05) is 13.2 Å². The molecule has 0 bridgehead atoms. The largest absolute Gasteiger partial charge is 0.493 e. The molecular formula is C17H29ClN2O2. The van der Waals surface area contributed by atoms with E-state index in [1.165, 1.54) is 0 Å². The molecule has 3 N–H and O–H groups in total. The molecule has 22 heavy (non-hydrogen) atoms. The van der Waals surface area contributed by atoms with Crippen LogP contribution < -0.4 is 15.8 Å². The van der Waals surface area contributed by atoms with Crippen LogP contribution in [-0.2, 0) is 4.79 Å². The second-order valence-corrected chi connectivity index (χ2v) is 5.51. The molecule has 0 saturated carbocycles. The third kappa shape index (κ3) is 7.66. The highest BCUT2D eigenvalue weighted by molar-refractivity contribution is 5.85. The number of carbonyl (C=O) groups excluding carboxylic acids is 1. The molecule has 0 aromatic heterocycles. The van der Waals surface area contributed by atoms with Crippen LogP contribution >= 0.6 is 12.4 Å². The van der Waals surface area contributed by atoms with Gasteiger partial charge in [0.05, 0.1) is 13.0 Å². The second kappa shape index (κ2) is 11.3. The molecule has 0 radical (unpaired) electrons. The predicted octanol–water partition coefficient (Wildman–Crippen LogP) is 3.13. The summed E-state index contributed by atoms with van der Waals surface area (Å²) in [6.07, 6.45) is 3.50. The normalized spacial score (nSPS) is 11.5. The van der Waals surface area contributed by atoms with Crippen LogP contribution in [0, 0.1) is 13.8 Å². The lowest BCUT2D eigenvalue weighted by molar-refractivity contribution is -0.122. The highest BCUT2D eigenvalue weighted by atomic mass is 35.5. The Morgan fingerprint density at radius 2 is 2.09 bits per heavy atom. The average molecular weight is 329 g/mol. The van der Waals surface area contributed by atoms with Gasteiger partial charge in [-0.15, -0.1) is 12.4 Å². The van der Waals surface area contributed by atoms with Gasteiger partial charge in [0.2, 0.25) is 5.91 Å². The summed E-state index contributed by atoms with van der Waals surface area (Å²) in [5.41, 5.74) is 7.91. The van der Waals surface area contributed by atoms with Gasteiger partial charge in [-0.2, -0.15) is 0 Å². The molecule has 126 valence electrons. The van der Waals surface area contributed by atoms with Crippen molar-refractivity contribution in [3.63, 3.8) is 0 Å². The van der Waals surface area contributed by atoms with Crippen molar-refractivity contribution < 1.29 is 9.53 Å². The van der Waals surface area contributed by atoms with Gasteiger partial charge in [-0.25, -0.2) is 0 Å². The van der Waals surface area contributed by atoms with Crippen LogP contribution in [0.5, 0.6) is 5.75 Å². The summed E-state index contributed by atoms with van der Waals surface area (Å²) in [6, 6.07) is 6.16. The lowest BCUT2D eigenvalue weighted by Crippen LogP contribution is -2.40. The lowest BCUT2D eigenvalue weighted by atomic mass is 10.1. The van der Waals surface area contributed by atoms with E-state index in [-0.39, 0.29) is 24.4 Å². The Morgan fingerprint density at radius 3 is 2.73 bits per heavy atom. The number of ether oxygens (including phenoxy) is 1. The number of amides is 1. The first-order chi connectivity index (χ1) is 10.1. The van der Waals surface area contributed by atoms with Crippen molar-refractivity contribution in [1.29, 1.82) is 0 Å². The van der Waals surface area contributed by atoms with Crippen LogP contribution in [0.15, 0.2) is 18.2 Å². The molecule has 1 rings (SSSR count). The van der Waals surface area contributed by atoms with Gasteiger partial charge in [-0.3, -0.25) is 4.79 Å². The maximum atomic E-state index is 11.9. The molecule has 0 aliphatic heterocycles. The molecule has 0 spiro atoms. The predicted molar refractivity (Wildman–Crippen MR) is 93.8 cm³/mol. The number of nitrogens with one attached hydrogen (secondary N) is 1. The first-order valence-corrected chi connectivity index (χ1v) is 7.76. The minimum atomic E-state index is 0. The molecule has 1 aromatic carbocycles. The van der Waals surface area contributed by atoms with Gasteiger partial charge in [-0.1, -0.05) is 31.9 Å². The summed E-state index contributed by atoms with van der Waals surface area (Å²) < 4.78 is 5.69. The van der Waals surface area contributed by atoms with Gasteiger partial charge < -0.3 is 15.8 Å². The number of nitrogens with two attached hydrogens (primary N) is 1. The van der Waals surface area contributed by atoms with E-state index in [2.05, 4.69) is 18.3 Å². The number of hydrogen-bond acceptors (Lipinski definition) is 3. The molecule has 0 fully saturated rings. The fourth-order valence-corrected chi connectivity index (χ4v) is 2.12. The fraction of sp³-hybridized carbons (Fsp3) is 0.588. The third-order valence-electron chi connectivity index (χ3n) is 3.49. The van der Waals surface area contributed by atoms with E-state index in [0.717, 1.165) is 36.1 Å². The fourth-order valence-electron chi connectivity index (χ4n) is 2.12. The molecule has 1 atom stereocenters. The minimum Gasteiger partial charge on any atom is -0.493 e. The summed E-state index contributed by atoms with van der Waals surface area (Å²) in [6.45, 7) is 7.04. The number of halogens is 1. The zero-order valence-corrected chi connectivity index (χ0v) is 14.7. The van der Waals surface area contributed by atoms with Crippen molar-refractivity contribution in [1.82, 2.24) is 5.32 Å². The molecule has 0 saturated heterocycles. The number of unbranched alkanes of at least 4 members (excludes halogenated alkanes) is 1. The molecule has 0 aliphatic carbocycles. The van der Waals surface area contributed by atoms with Gasteiger partial charge in [0.1, 0.15) is 5.75 Å². The Hall–Kier alpha value is -1.26. The van der Waals surface area contributed by atoms with Crippen molar-refractivity contribution in [2.24, 2.45) is 5.73 Å². The number of benzene rings is 1. The van der Waals surface area contributed by atoms with E-state index < -0.39 is 0 Å². The number of hydrogen-bond donors (Lipinski definition) is 2. The van der Waals surface area contributed by atoms with Crippen molar-refractivity contribution in [3.05, 3.63) is 29.3 Å². The quantitative estimate of drug-likeness (QED) is 0.732. The zero-order valence-electron chi connectivity index (χ0n) is 13.9. The van der Waals surface area contributed by atoms with Gasteiger partial charge in [0, 0.05) is 12.6 Å². The van der Waals surface area contributed by atoms with E-state index in [1.807, 2.05) is 26.0 Å². The van der Waals surface area contributed by atoms with Crippen LogP contribution in [0.25, 0.3) is 0 Å². The Labute approximate surface area is 140 Å². The number of aryl methyl sites for hydroxylation is 2. The van der Waals surface area contributed by atoms with Crippen molar-refractivity contribution in [2.45, 2.75) is 52.5 Å². The van der Waals surface area contributed by atoms with E-state index in [9.17, 15) is 4.79 Å². The summed E-state index contributed by atoms with van der Waals surface area (Å²) in [7, 11) is 0. The molecule has 1 amide bonds. The van der Waals surface area contributed by atoms with Crippen LogP contribution in [0.3, 0.4) is 0 Å².